The highest BCUT2D eigenvalue weighted by molar-refractivity contribution is 5.75. The van der Waals surface area contributed by atoms with Gasteiger partial charge in [0.15, 0.2) is 11.8 Å². The van der Waals surface area contributed by atoms with Crippen LogP contribution < -0.4 is 4.74 Å². The van der Waals surface area contributed by atoms with Crippen LogP contribution in [0, 0.1) is 0 Å². The predicted octanol–water partition coefficient (Wildman–Crippen LogP) is 5.18. The van der Waals surface area contributed by atoms with Crippen molar-refractivity contribution in [2.45, 2.75) is 19.6 Å². The maximum absolute atomic E-state index is 6.03. The zero-order valence-electron chi connectivity index (χ0n) is 14.4. The third kappa shape index (κ3) is 3.52. The number of nitrogens with zero attached hydrogens (tertiary/aromatic N) is 3. The summed E-state index contributed by atoms with van der Waals surface area (Å²) in [5, 5.41) is 0. The van der Waals surface area contributed by atoms with Crippen LogP contribution in [0.1, 0.15) is 31.0 Å². The third-order valence-corrected chi connectivity index (χ3v) is 4.09. The van der Waals surface area contributed by atoms with Crippen LogP contribution in [0.4, 0.5) is 0 Å². The molecule has 2 heterocycles. The number of benzene rings is 2. The lowest BCUT2D eigenvalue weighted by atomic mass is 10.2. The Labute approximate surface area is 151 Å². The Bertz CT molecular complexity index is 968. The van der Waals surface area contributed by atoms with E-state index in [2.05, 4.69) is 16.9 Å². The van der Waals surface area contributed by atoms with Gasteiger partial charge in [-0.1, -0.05) is 31.2 Å². The van der Waals surface area contributed by atoms with Crippen LogP contribution in [0.5, 0.6) is 5.75 Å². The molecular weight excluding hydrogens is 326 g/mol. The monoisotopic (exact) mass is 345 g/mol. The van der Waals surface area contributed by atoms with Gasteiger partial charge < -0.3 is 13.7 Å². The number of rotatable bonds is 6. The zero-order chi connectivity index (χ0) is 17.8. The Balaban J connectivity index is 1.45. The van der Waals surface area contributed by atoms with Crippen LogP contribution in [-0.4, -0.2) is 14.5 Å². The lowest BCUT2D eigenvalue weighted by molar-refractivity contribution is 0.127. The summed E-state index contributed by atoms with van der Waals surface area (Å²) in [5.41, 5.74) is 2.71. The van der Waals surface area contributed by atoms with Crippen molar-refractivity contribution in [2.75, 3.05) is 0 Å². The molecule has 2 aromatic heterocycles. The molecule has 0 radical (unpaired) electrons. The van der Waals surface area contributed by atoms with E-state index in [0.29, 0.717) is 5.89 Å². The van der Waals surface area contributed by atoms with Crippen molar-refractivity contribution >= 4 is 23.3 Å². The quantitative estimate of drug-likeness (QED) is 0.483. The lowest BCUT2D eigenvalue weighted by Gasteiger charge is -2.18. The number of aromatic nitrogens is 3. The summed E-state index contributed by atoms with van der Waals surface area (Å²) in [6.45, 7) is 2.09. The molecule has 4 rings (SSSR count). The van der Waals surface area contributed by atoms with Crippen LogP contribution in [0.25, 0.3) is 23.3 Å². The van der Waals surface area contributed by atoms with Gasteiger partial charge in [-0.25, -0.2) is 9.97 Å². The fraction of sp³-hybridized carbons (Fsp3) is 0.143. The van der Waals surface area contributed by atoms with E-state index in [9.17, 15) is 0 Å². The summed E-state index contributed by atoms with van der Waals surface area (Å²) < 4.78 is 13.7. The van der Waals surface area contributed by atoms with Crippen molar-refractivity contribution < 1.29 is 9.15 Å². The normalized spacial score (nSPS) is 12.7. The maximum atomic E-state index is 6.03. The van der Waals surface area contributed by atoms with E-state index in [4.69, 9.17) is 9.15 Å². The summed E-state index contributed by atoms with van der Waals surface area (Å²) in [4.78, 5) is 8.51. The van der Waals surface area contributed by atoms with Crippen molar-refractivity contribution in [3.63, 3.8) is 0 Å². The van der Waals surface area contributed by atoms with Crippen molar-refractivity contribution in [3.05, 3.63) is 78.7 Å². The molecular formula is C21H19N3O2. The minimum Gasteiger partial charge on any atom is -0.470 e. The average molecular weight is 345 g/mol. The third-order valence-electron chi connectivity index (χ3n) is 4.09. The van der Waals surface area contributed by atoms with Gasteiger partial charge in [0.25, 0.3) is 0 Å². The molecule has 0 saturated heterocycles. The SMILES string of the molecule is CCC(Oc1ccc(/C=C/c2nc3ccccc3o2)cc1)n1ccnc1. The van der Waals surface area contributed by atoms with E-state index in [0.717, 1.165) is 28.8 Å². The smallest absolute Gasteiger partial charge is 0.220 e. The second-order valence-electron chi connectivity index (χ2n) is 5.91. The molecule has 0 amide bonds. The fourth-order valence-corrected chi connectivity index (χ4v) is 2.74. The van der Waals surface area contributed by atoms with Gasteiger partial charge in [0.1, 0.15) is 11.3 Å². The Morgan fingerprint density at radius 3 is 2.69 bits per heavy atom. The molecule has 0 aliphatic heterocycles. The topological polar surface area (TPSA) is 53.1 Å². The highest BCUT2D eigenvalue weighted by atomic mass is 16.5. The molecule has 5 nitrogen and oxygen atoms in total. The molecule has 0 bridgehead atoms. The number of oxazole rings is 1. The summed E-state index contributed by atoms with van der Waals surface area (Å²) in [6.07, 6.45) is 10.1. The van der Waals surface area contributed by atoms with Gasteiger partial charge in [-0.15, -0.1) is 0 Å². The molecule has 0 fully saturated rings. The Kier molecular flexibility index (Phi) is 4.51. The minimum absolute atomic E-state index is 0.0568. The van der Waals surface area contributed by atoms with Crippen molar-refractivity contribution in [1.29, 1.82) is 0 Å². The van der Waals surface area contributed by atoms with Gasteiger partial charge in [-0.2, -0.15) is 0 Å². The standard InChI is InChI=1S/C21H19N3O2/c1-2-21(24-14-13-22-15-24)25-17-10-7-16(8-11-17)9-12-20-23-18-5-3-4-6-19(18)26-20/h3-15,21H,2H2,1H3/b12-9+. The largest absolute Gasteiger partial charge is 0.470 e. The first-order chi connectivity index (χ1) is 12.8. The average Bonchev–Trinajstić information content (AvgIpc) is 3.34. The second kappa shape index (κ2) is 7.27. The summed E-state index contributed by atoms with van der Waals surface area (Å²) in [6, 6.07) is 15.7. The first-order valence-electron chi connectivity index (χ1n) is 8.59. The predicted molar refractivity (Wildman–Crippen MR) is 102 cm³/mol. The number of hydrogen-bond donors (Lipinski definition) is 0. The van der Waals surface area contributed by atoms with Crippen LogP contribution in [0.3, 0.4) is 0 Å². The molecule has 0 aliphatic rings. The first kappa shape index (κ1) is 16.1. The Morgan fingerprint density at radius 2 is 1.96 bits per heavy atom. The van der Waals surface area contributed by atoms with Crippen LogP contribution in [0.2, 0.25) is 0 Å². The summed E-state index contributed by atoms with van der Waals surface area (Å²) >= 11 is 0. The molecule has 5 heteroatoms. The maximum Gasteiger partial charge on any atom is 0.220 e. The van der Waals surface area contributed by atoms with Gasteiger partial charge in [0.2, 0.25) is 5.89 Å². The molecule has 130 valence electrons. The zero-order valence-corrected chi connectivity index (χ0v) is 14.4. The van der Waals surface area contributed by atoms with E-state index in [1.54, 1.807) is 12.5 Å². The number of hydrogen-bond acceptors (Lipinski definition) is 4. The molecule has 1 unspecified atom stereocenters. The number of imidazole rings is 1. The summed E-state index contributed by atoms with van der Waals surface area (Å²) in [5.74, 6) is 1.42. The van der Waals surface area contributed by atoms with E-state index < -0.39 is 0 Å². The molecule has 0 spiro atoms. The van der Waals surface area contributed by atoms with E-state index in [1.165, 1.54) is 0 Å². The highest BCUT2D eigenvalue weighted by Gasteiger charge is 2.09. The van der Waals surface area contributed by atoms with E-state index >= 15 is 0 Å². The van der Waals surface area contributed by atoms with Crippen LogP contribution in [-0.2, 0) is 0 Å². The summed E-state index contributed by atoms with van der Waals surface area (Å²) in [7, 11) is 0. The molecule has 1 atom stereocenters. The van der Waals surface area contributed by atoms with Crippen molar-refractivity contribution in [3.8, 4) is 5.75 Å². The molecule has 0 saturated carbocycles. The second-order valence-corrected chi connectivity index (χ2v) is 5.91. The van der Waals surface area contributed by atoms with Gasteiger partial charge >= 0.3 is 0 Å². The Morgan fingerprint density at radius 1 is 1.12 bits per heavy atom. The Hall–Kier alpha value is -3.34. The number of para-hydroxylation sites is 2. The van der Waals surface area contributed by atoms with Gasteiger partial charge in [-0.05, 0) is 35.9 Å². The van der Waals surface area contributed by atoms with Crippen molar-refractivity contribution in [1.82, 2.24) is 14.5 Å². The van der Waals surface area contributed by atoms with E-state index in [1.807, 2.05) is 71.4 Å². The molecule has 2 aromatic carbocycles. The van der Waals surface area contributed by atoms with E-state index in [-0.39, 0.29) is 6.23 Å². The molecule has 4 aromatic rings. The van der Waals surface area contributed by atoms with Gasteiger partial charge in [-0.3, -0.25) is 0 Å². The highest BCUT2D eigenvalue weighted by Crippen LogP contribution is 2.21. The first-order valence-corrected chi connectivity index (χ1v) is 8.59. The van der Waals surface area contributed by atoms with Gasteiger partial charge in [0, 0.05) is 24.9 Å². The van der Waals surface area contributed by atoms with Crippen LogP contribution in [0.15, 0.2) is 71.7 Å². The van der Waals surface area contributed by atoms with Crippen LogP contribution >= 0.6 is 0 Å². The fourth-order valence-electron chi connectivity index (χ4n) is 2.74. The number of ether oxygens (including phenoxy) is 1. The van der Waals surface area contributed by atoms with Crippen molar-refractivity contribution in [2.24, 2.45) is 0 Å². The minimum atomic E-state index is -0.0568. The number of fused-ring (bicyclic) bond motifs is 1. The van der Waals surface area contributed by atoms with Gasteiger partial charge in [0.05, 0.1) is 6.33 Å². The lowest BCUT2D eigenvalue weighted by Crippen LogP contribution is -2.13. The molecule has 26 heavy (non-hydrogen) atoms. The molecule has 0 N–H and O–H groups in total. The molecule has 0 aliphatic carbocycles.